The number of carbonyl (C=O) groups excluding carboxylic acids is 1. The van der Waals surface area contributed by atoms with Crippen LogP contribution in [0, 0.1) is 5.82 Å². The Morgan fingerprint density at radius 3 is 2.52 bits per heavy atom. The van der Waals surface area contributed by atoms with Crippen molar-refractivity contribution in [1.82, 2.24) is 4.57 Å². The first-order valence-electron chi connectivity index (χ1n) is 6.97. The summed E-state index contributed by atoms with van der Waals surface area (Å²) in [5, 5.41) is 4.42. The van der Waals surface area contributed by atoms with Gasteiger partial charge in [0.2, 0.25) is 5.91 Å². The number of nitrogens with zero attached hydrogens (tertiary/aromatic N) is 1. The molecule has 1 N–H and O–H groups in total. The van der Waals surface area contributed by atoms with E-state index in [0.29, 0.717) is 15.7 Å². The van der Waals surface area contributed by atoms with Crippen molar-refractivity contribution in [3.05, 3.63) is 64.5 Å². The number of benzene rings is 2. The van der Waals surface area contributed by atoms with E-state index in [9.17, 15) is 9.18 Å². The lowest BCUT2D eigenvalue weighted by molar-refractivity contribution is -0.118. The Morgan fingerprint density at radius 1 is 1.13 bits per heavy atom. The van der Waals surface area contributed by atoms with Crippen molar-refractivity contribution in [3.63, 3.8) is 0 Å². The van der Waals surface area contributed by atoms with Crippen molar-refractivity contribution < 1.29 is 9.18 Å². The molecule has 1 aromatic heterocycles. The highest BCUT2D eigenvalue weighted by Crippen LogP contribution is 2.25. The van der Waals surface area contributed by atoms with Crippen LogP contribution in [0.25, 0.3) is 10.9 Å². The number of carbonyl (C=O) groups is 1. The summed E-state index contributed by atoms with van der Waals surface area (Å²) in [6.07, 6.45) is 1.76. The zero-order chi connectivity index (χ0) is 16.6. The van der Waals surface area contributed by atoms with Crippen molar-refractivity contribution in [1.29, 1.82) is 0 Å². The van der Waals surface area contributed by atoms with Gasteiger partial charge in [0, 0.05) is 32.8 Å². The lowest BCUT2D eigenvalue weighted by Crippen LogP contribution is -2.23. The number of anilines is 1. The summed E-state index contributed by atoms with van der Waals surface area (Å²) < 4.78 is 15.0. The monoisotopic (exact) mass is 350 g/mol. The van der Waals surface area contributed by atoms with Crippen LogP contribution in [-0.4, -0.2) is 10.5 Å². The largest absolute Gasteiger partial charge is 0.335 e. The third kappa shape index (κ3) is 3.33. The van der Waals surface area contributed by atoms with E-state index in [0.717, 1.165) is 10.9 Å². The zero-order valence-corrected chi connectivity index (χ0v) is 13.7. The van der Waals surface area contributed by atoms with Crippen LogP contribution in [-0.2, 0) is 4.79 Å². The normalized spacial score (nSPS) is 12.3. The minimum absolute atomic E-state index is 0.217. The number of hydrogen-bond acceptors (Lipinski definition) is 1. The fraction of sp³-hybridized carbons (Fsp3) is 0.118. The SMILES string of the molecule is CC(C(=O)Nc1cc(Cl)cc(Cl)c1)n1ccc2cc(F)ccc21. The Kier molecular flexibility index (Phi) is 4.28. The molecule has 0 aliphatic heterocycles. The molecule has 0 radical (unpaired) electrons. The van der Waals surface area contributed by atoms with Gasteiger partial charge in [-0.1, -0.05) is 23.2 Å². The minimum atomic E-state index is -0.476. The van der Waals surface area contributed by atoms with Gasteiger partial charge in [-0.05, 0) is 49.4 Å². The fourth-order valence-electron chi connectivity index (χ4n) is 2.47. The smallest absolute Gasteiger partial charge is 0.247 e. The molecular formula is C17H13Cl2FN2O. The summed E-state index contributed by atoms with van der Waals surface area (Å²) >= 11 is 11.9. The van der Waals surface area contributed by atoms with Gasteiger partial charge in [0.25, 0.3) is 0 Å². The summed E-state index contributed by atoms with van der Waals surface area (Å²) in [7, 11) is 0. The van der Waals surface area contributed by atoms with Crippen molar-refractivity contribution >= 4 is 45.7 Å². The second-order valence-corrected chi connectivity index (χ2v) is 6.12. The van der Waals surface area contributed by atoms with E-state index in [1.54, 1.807) is 48.0 Å². The standard InChI is InChI=1S/C17H13Cl2FN2O/c1-10(17(23)21-15-8-12(18)7-13(19)9-15)22-5-4-11-6-14(20)2-3-16(11)22/h2-10H,1H3,(H,21,23). The quantitative estimate of drug-likeness (QED) is 0.684. The van der Waals surface area contributed by atoms with Crippen LogP contribution in [0.3, 0.4) is 0 Å². The molecule has 3 aromatic rings. The van der Waals surface area contributed by atoms with Crippen LogP contribution in [0.15, 0.2) is 48.7 Å². The maximum atomic E-state index is 13.3. The maximum absolute atomic E-state index is 13.3. The highest BCUT2D eigenvalue weighted by atomic mass is 35.5. The lowest BCUT2D eigenvalue weighted by atomic mass is 10.2. The molecule has 6 heteroatoms. The molecule has 3 nitrogen and oxygen atoms in total. The molecule has 23 heavy (non-hydrogen) atoms. The number of halogens is 3. The number of aromatic nitrogens is 1. The van der Waals surface area contributed by atoms with Crippen LogP contribution in [0.5, 0.6) is 0 Å². The average Bonchev–Trinajstić information content (AvgIpc) is 2.88. The Bertz CT molecular complexity index is 871. The second-order valence-electron chi connectivity index (χ2n) is 5.25. The molecule has 0 spiro atoms. The van der Waals surface area contributed by atoms with Gasteiger partial charge >= 0.3 is 0 Å². The molecular weight excluding hydrogens is 338 g/mol. The van der Waals surface area contributed by atoms with E-state index in [1.807, 2.05) is 0 Å². The molecule has 3 rings (SSSR count). The van der Waals surface area contributed by atoms with Crippen LogP contribution >= 0.6 is 23.2 Å². The van der Waals surface area contributed by atoms with Crippen molar-refractivity contribution in [3.8, 4) is 0 Å². The molecule has 1 atom stereocenters. The first-order valence-corrected chi connectivity index (χ1v) is 7.73. The Morgan fingerprint density at radius 2 is 1.83 bits per heavy atom. The van der Waals surface area contributed by atoms with Crippen LogP contribution < -0.4 is 5.32 Å². The summed E-state index contributed by atoms with van der Waals surface area (Å²) in [4.78, 5) is 12.5. The lowest BCUT2D eigenvalue weighted by Gasteiger charge is -2.16. The van der Waals surface area contributed by atoms with Crippen molar-refractivity contribution in [2.45, 2.75) is 13.0 Å². The Labute approximate surface area is 142 Å². The van der Waals surface area contributed by atoms with E-state index in [4.69, 9.17) is 23.2 Å². The van der Waals surface area contributed by atoms with Gasteiger partial charge in [0.15, 0.2) is 0 Å². The molecule has 0 bridgehead atoms. The van der Waals surface area contributed by atoms with E-state index in [2.05, 4.69) is 5.32 Å². The molecule has 1 amide bonds. The second kappa shape index (κ2) is 6.22. The molecule has 1 unspecified atom stereocenters. The number of rotatable bonds is 3. The van der Waals surface area contributed by atoms with E-state index in [1.165, 1.54) is 12.1 Å². The van der Waals surface area contributed by atoms with Crippen LogP contribution in [0.4, 0.5) is 10.1 Å². The number of hydrogen-bond donors (Lipinski definition) is 1. The number of nitrogens with one attached hydrogen (secondary N) is 1. The summed E-state index contributed by atoms with van der Waals surface area (Å²) in [5.41, 5.74) is 1.32. The van der Waals surface area contributed by atoms with E-state index < -0.39 is 6.04 Å². The predicted octanol–water partition coefficient (Wildman–Crippen LogP) is 5.29. The van der Waals surface area contributed by atoms with Gasteiger partial charge in [-0.2, -0.15) is 0 Å². The van der Waals surface area contributed by atoms with Gasteiger partial charge in [0.1, 0.15) is 11.9 Å². The first-order chi connectivity index (χ1) is 10.9. The fourth-order valence-corrected chi connectivity index (χ4v) is 3.00. The third-order valence-electron chi connectivity index (χ3n) is 3.61. The molecule has 0 aliphatic carbocycles. The van der Waals surface area contributed by atoms with Crippen LogP contribution in [0.1, 0.15) is 13.0 Å². The van der Waals surface area contributed by atoms with E-state index in [-0.39, 0.29) is 11.7 Å². The maximum Gasteiger partial charge on any atom is 0.247 e. The molecule has 1 heterocycles. The molecule has 0 saturated carbocycles. The summed E-state index contributed by atoms with van der Waals surface area (Å²) in [6, 6.07) is 10.6. The summed E-state index contributed by atoms with van der Waals surface area (Å²) in [6.45, 7) is 1.77. The number of fused-ring (bicyclic) bond motifs is 1. The molecule has 0 fully saturated rings. The Hall–Kier alpha value is -2.04. The van der Waals surface area contributed by atoms with Gasteiger partial charge in [-0.3, -0.25) is 4.79 Å². The molecule has 2 aromatic carbocycles. The third-order valence-corrected chi connectivity index (χ3v) is 4.05. The van der Waals surface area contributed by atoms with E-state index >= 15 is 0 Å². The number of amides is 1. The summed E-state index contributed by atoms with van der Waals surface area (Å²) in [5.74, 6) is -0.522. The highest BCUT2D eigenvalue weighted by molar-refractivity contribution is 6.35. The van der Waals surface area contributed by atoms with Gasteiger partial charge in [-0.25, -0.2) is 4.39 Å². The minimum Gasteiger partial charge on any atom is -0.335 e. The van der Waals surface area contributed by atoms with Crippen molar-refractivity contribution in [2.24, 2.45) is 0 Å². The van der Waals surface area contributed by atoms with Crippen molar-refractivity contribution in [2.75, 3.05) is 5.32 Å². The zero-order valence-electron chi connectivity index (χ0n) is 12.2. The van der Waals surface area contributed by atoms with Crippen LogP contribution in [0.2, 0.25) is 10.0 Å². The predicted molar refractivity (Wildman–Crippen MR) is 91.7 cm³/mol. The highest BCUT2D eigenvalue weighted by Gasteiger charge is 2.17. The first kappa shape index (κ1) is 15.8. The van der Waals surface area contributed by atoms with Gasteiger partial charge in [-0.15, -0.1) is 0 Å². The van der Waals surface area contributed by atoms with Gasteiger partial charge < -0.3 is 9.88 Å². The Balaban J connectivity index is 1.86. The van der Waals surface area contributed by atoms with Gasteiger partial charge in [0.05, 0.1) is 0 Å². The molecule has 118 valence electrons. The molecule has 0 saturated heterocycles. The molecule has 0 aliphatic rings. The average molecular weight is 351 g/mol. The topological polar surface area (TPSA) is 34.0 Å².